The van der Waals surface area contributed by atoms with Gasteiger partial charge in [-0.1, -0.05) is 0 Å². The minimum atomic E-state index is -0.963. The van der Waals surface area contributed by atoms with Crippen molar-refractivity contribution in [1.29, 1.82) is 0 Å². The minimum absolute atomic E-state index is 0.0387. The maximum absolute atomic E-state index is 12.1. The van der Waals surface area contributed by atoms with Crippen molar-refractivity contribution in [3.8, 4) is 5.75 Å². The number of aromatic hydroxyl groups is 1. The highest BCUT2D eigenvalue weighted by atomic mass is 16.6. The maximum atomic E-state index is 12.1. The lowest BCUT2D eigenvalue weighted by molar-refractivity contribution is -0.384. The summed E-state index contributed by atoms with van der Waals surface area (Å²) in [5.74, 6) is -2.03. The fraction of sp³-hybridized carbons (Fsp3) is 0.500. The number of nitro benzene ring substituents is 1. The molecule has 1 heterocycles. The van der Waals surface area contributed by atoms with Crippen LogP contribution in [0.15, 0.2) is 23.3 Å². The fourth-order valence-corrected chi connectivity index (χ4v) is 3.65. The molecule has 152 valence electrons. The SMILES string of the molecule is CC1(C)CC(NC(=O)C(=O)N/N=C/c2cc([N+](=O)[O-])ccc2O)CC(C)(C)N1. The highest BCUT2D eigenvalue weighted by Gasteiger charge is 2.38. The van der Waals surface area contributed by atoms with Crippen molar-refractivity contribution in [2.24, 2.45) is 5.10 Å². The number of nitrogens with zero attached hydrogens (tertiary/aromatic N) is 2. The molecule has 0 saturated carbocycles. The topological polar surface area (TPSA) is 146 Å². The van der Waals surface area contributed by atoms with E-state index in [0.717, 1.165) is 24.4 Å². The lowest BCUT2D eigenvalue weighted by atomic mass is 9.79. The monoisotopic (exact) mass is 391 g/mol. The zero-order chi connectivity index (χ0) is 21.1. The molecule has 2 amide bonds. The van der Waals surface area contributed by atoms with E-state index in [9.17, 15) is 24.8 Å². The number of phenolic OH excluding ortho intramolecular Hbond substituents is 1. The first-order valence-electron chi connectivity index (χ1n) is 8.79. The second-order valence-electron chi connectivity index (χ2n) is 8.17. The number of hydrogen-bond donors (Lipinski definition) is 4. The van der Waals surface area contributed by atoms with Gasteiger partial charge in [0.2, 0.25) is 0 Å². The van der Waals surface area contributed by atoms with Gasteiger partial charge in [-0.05, 0) is 46.6 Å². The number of carbonyl (C=O) groups is 2. The van der Waals surface area contributed by atoms with E-state index in [-0.39, 0.29) is 34.1 Å². The van der Waals surface area contributed by atoms with E-state index >= 15 is 0 Å². The minimum Gasteiger partial charge on any atom is -0.507 e. The number of piperidine rings is 1. The van der Waals surface area contributed by atoms with Gasteiger partial charge < -0.3 is 15.7 Å². The van der Waals surface area contributed by atoms with Gasteiger partial charge in [0.05, 0.1) is 11.1 Å². The quantitative estimate of drug-likeness (QED) is 0.262. The summed E-state index contributed by atoms with van der Waals surface area (Å²) in [4.78, 5) is 34.2. The molecule has 0 spiro atoms. The van der Waals surface area contributed by atoms with Crippen molar-refractivity contribution in [2.45, 2.75) is 57.7 Å². The molecule has 0 bridgehead atoms. The zero-order valence-corrected chi connectivity index (χ0v) is 16.3. The van der Waals surface area contributed by atoms with Crippen LogP contribution in [0.4, 0.5) is 5.69 Å². The molecule has 0 aromatic heterocycles. The Balaban J connectivity index is 1.96. The summed E-state index contributed by atoms with van der Waals surface area (Å²) in [5.41, 5.74) is 1.49. The summed E-state index contributed by atoms with van der Waals surface area (Å²) >= 11 is 0. The van der Waals surface area contributed by atoms with Crippen LogP contribution in [0.3, 0.4) is 0 Å². The molecular formula is C18H25N5O5. The van der Waals surface area contributed by atoms with Gasteiger partial charge in [0.15, 0.2) is 0 Å². The molecule has 0 atom stereocenters. The maximum Gasteiger partial charge on any atom is 0.329 e. The molecule has 0 radical (unpaired) electrons. The largest absolute Gasteiger partial charge is 0.507 e. The molecule has 4 N–H and O–H groups in total. The van der Waals surface area contributed by atoms with Crippen molar-refractivity contribution < 1.29 is 19.6 Å². The third-order valence-electron chi connectivity index (χ3n) is 4.32. The molecule has 0 aliphatic carbocycles. The first kappa shape index (κ1) is 21.3. The lowest BCUT2D eigenvalue weighted by Gasteiger charge is -2.46. The van der Waals surface area contributed by atoms with Crippen molar-refractivity contribution in [3.63, 3.8) is 0 Å². The van der Waals surface area contributed by atoms with E-state index in [1.807, 2.05) is 27.7 Å². The molecule has 1 aromatic carbocycles. The van der Waals surface area contributed by atoms with Crippen LogP contribution in [-0.2, 0) is 9.59 Å². The molecule has 1 aromatic rings. The van der Waals surface area contributed by atoms with Crippen LogP contribution in [0.5, 0.6) is 5.75 Å². The van der Waals surface area contributed by atoms with E-state index in [0.29, 0.717) is 12.8 Å². The predicted molar refractivity (Wildman–Crippen MR) is 103 cm³/mol. The number of nitrogens with one attached hydrogen (secondary N) is 3. The Kier molecular flexibility index (Phi) is 6.03. The number of phenols is 1. The fourth-order valence-electron chi connectivity index (χ4n) is 3.65. The van der Waals surface area contributed by atoms with Gasteiger partial charge in [-0.25, -0.2) is 5.43 Å². The number of rotatable bonds is 4. The van der Waals surface area contributed by atoms with Gasteiger partial charge in [0.1, 0.15) is 5.75 Å². The smallest absolute Gasteiger partial charge is 0.329 e. The van der Waals surface area contributed by atoms with Crippen molar-refractivity contribution in [1.82, 2.24) is 16.1 Å². The molecule has 0 unspecified atom stereocenters. The standard InChI is InChI=1S/C18H25N5O5/c1-17(2)8-12(9-18(3,4)22-17)20-15(25)16(26)21-19-10-11-7-13(23(27)28)5-6-14(11)24/h5-7,10,12,22,24H,8-9H2,1-4H3,(H,20,25)(H,21,26)/b19-10+. The Morgan fingerprint density at radius 2 is 1.86 bits per heavy atom. The second kappa shape index (κ2) is 7.93. The van der Waals surface area contributed by atoms with Crippen LogP contribution < -0.4 is 16.1 Å². The number of hydrazone groups is 1. The third kappa shape index (κ3) is 5.74. The molecule has 1 aliphatic rings. The average Bonchev–Trinajstić information content (AvgIpc) is 2.53. The summed E-state index contributed by atoms with van der Waals surface area (Å²) in [7, 11) is 0. The molecule has 1 aliphatic heterocycles. The van der Waals surface area contributed by atoms with Gasteiger partial charge in [0, 0.05) is 34.8 Å². The summed E-state index contributed by atoms with van der Waals surface area (Å²) in [6, 6.07) is 3.22. The van der Waals surface area contributed by atoms with Crippen molar-refractivity contribution in [2.75, 3.05) is 0 Å². The zero-order valence-electron chi connectivity index (χ0n) is 16.3. The Morgan fingerprint density at radius 1 is 1.25 bits per heavy atom. The van der Waals surface area contributed by atoms with Crippen LogP contribution in [0.1, 0.15) is 46.1 Å². The number of amides is 2. The van der Waals surface area contributed by atoms with Crippen LogP contribution in [0.2, 0.25) is 0 Å². The molecule has 28 heavy (non-hydrogen) atoms. The summed E-state index contributed by atoms with van der Waals surface area (Å²) in [6.07, 6.45) is 2.37. The molecule has 1 saturated heterocycles. The van der Waals surface area contributed by atoms with Gasteiger partial charge in [-0.2, -0.15) is 5.10 Å². The summed E-state index contributed by atoms with van der Waals surface area (Å²) < 4.78 is 0. The Bertz CT molecular complexity index is 803. The molecular weight excluding hydrogens is 366 g/mol. The normalized spacial score (nSPS) is 18.6. The Morgan fingerprint density at radius 3 is 2.43 bits per heavy atom. The number of nitro groups is 1. The summed E-state index contributed by atoms with van der Waals surface area (Å²) in [6.45, 7) is 8.12. The average molecular weight is 391 g/mol. The first-order chi connectivity index (χ1) is 12.9. The van der Waals surface area contributed by atoms with E-state index < -0.39 is 16.7 Å². The lowest BCUT2D eigenvalue weighted by Crippen LogP contribution is -2.62. The van der Waals surface area contributed by atoms with Crippen molar-refractivity contribution in [3.05, 3.63) is 33.9 Å². The highest BCUT2D eigenvalue weighted by molar-refractivity contribution is 6.35. The van der Waals surface area contributed by atoms with Crippen LogP contribution in [-0.4, -0.2) is 45.2 Å². The third-order valence-corrected chi connectivity index (χ3v) is 4.32. The van der Waals surface area contributed by atoms with Crippen LogP contribution >= 0.6 is 0 Å². The Hall–Kier alpha value is -3.01. The van der Waals surface area contributed by atoms with E-state index in [2.05, 4.69) is 21.2 Å². The predicted octanol–water partition coefficient (Wildman–Crippen LogP) is 1.18. The van der Waals surface area contributed by atoms with Gasteiger partial charge >= 0.3 is 11.8 Å². The molecule has 1 fully saturated rings. The molecule has 10 heteroatoms. The van der Waals surface area contributed by atoms with Gasteiger partial charge in [-0.3, -0.25) is 19.7 Å². The van der Waals surface area contributed by atoms with E-state index in [1.54, 1.807) is 0 Å². The number of carbonyl (C=O) groups excluding carboxylic acids is 2. The van der Waals surface area contributed by atoms with Gasteiger partial charge in [-0.15, -0.1) is 0 Å². The van der Waals surface area contributed by atoms with Crippen LogP contribution in [0, 0.1) is 10.1 Å². The van der Waals surface area contributed by atoms with Crippen molar-refractivity contribution >= 4 is 23.7 Å². The summed E-state index contributed by atoms with van der Waals surface area (Å²) in [5, 5.41) is 30.3. The number of non-ortho nitro benzene ring substituents is 1. The van der Waals surface area contributed by atoms with E-state index in [1.165, 1.54) is 0 Å². The number of hydrogen-bond acceptors (Lipinski definition) is 7. The number of benzene rings is 1. The second-order valence-corrected chi connectivity index (χ2v) is 8.17. The van der Waals surface area contributed by atoms with E-state index in [4.69, 9.17) is 0 Å². The van der Waals surface area contributed by atoms with Gasteiger partial charge in [0.25, 0.3) is 5.69 Å². The van der Waals surface area contributed by atoms with Crippen LogP contribution in [0.25, 0.3) is 0 Å². The molecule has 2 rings (SSSR count). The first-order valence-corrected chi connectivity index (χ1v) is 8.79. The highest BCUT2D eigenvalue weighted by Crippen LogP contribution is 2.28. The molecule has 10 nitrogen and oxygen atoms in total. The Labute approximate surface area is 162 Å².